The summed E-state index contributed by atoms with van der Waals surface area (Å²) in [5.41, 5.74) is 11.7. The van der Waals surface area contributed by atoms with E-state index in [4.69, 9.17) is 22.0 Å². The summed E-state index contributed by atoms with van der Waals surface area (Å²) in [6, 6.07) is 18.3. The van der Waals surface area contributed by atoms with E-state index in [-0.39, 0.29) is 76.8 Å². The number of phenolic OH excluding ortho intramolecular Hbond substituents is 2. The van der Waals surface area contributed by atoms with Gasteiger partial charge in [-0.2, -0.15) is 27.1 Å². The van der Waals surface area contributed by atoms with Crippen molar-refractivity contribution in [2.75, 3.05) is 11.5 Å². The molecule has 0 fully saturated rings. The third-order valence-electron chi connectivity index (χ3n) is 7.94. The van der Waals surface area contributed by atoms with E-state index in [0.717, 1.165) is 18.2 Å². The van der Waals surface area contributed by atoms with E-state index in [1.54, 1.807) is 0 Å². The minimum atomic E-state index is -4.85. The minimum absolute atomic E-state index is 0.0679. The molecule has 0 atom stereocenters. The Balaban J connectivity index is 1.21. The summed E-state index contributed by atoms with van der Waals surface area (Å²) in [7, 11) is -9.67. The largest absolute Gasteiger partial charge is 0.594 e. The lowest BCUT2D eigenvalue weighted by atomic mass is 10.1. The second-order valence-corrected chi connectivity index (χ2v) is 15.7. The second-order valence-electron chi connectivity index (χ2n) is 11.5. The van der Waals surface area contributed by atoms with Gasteiger partial charge in [0.1, 0.15) is 26.9 Å². The second kappa shape index (κ2) is 17.4. The van der Waals surface area contributed by atoms with Crippen LogP contribution >= 0.6 is 24.1 Å². The Bertz CT molecular complexity index is 2920. The summed E-state index contributed by atoms with van der Waals surface area (Å²) in [6.07, 6.45) is 0. The lowest BCUT2D eigenvalue weighted by molar-refractivity contribution is -0.435. The number of fused-ring (bicyclic) bond motifs is 2. The Morgan fingerprint density at radius 1 is 0.644 bits per heavy atom. The molecule has 0 aliphatic heterocycles. The molecular formula is C32H24N8O15S4. The van der Waals surface area contributed by atoms with Gasteiger partial charge in [0, 0.05) is 33.4 Å². The average Bonchev–Trinajstić information content (AvgIpc) is 3.18. The van der Waals surface area contributed by atoms with Crippen molar-refractivity contribution in [1.82, 2.24) is 0 Å². The first-order valence-corrected chi connectivity index (χ1v) is 20.0. The van der Waals surface area contributed by atoms with Crippen molar-refractivity contribution in [3.8, 4) is 11.5 Å². The number of rotatable bonds is 14. The molecule has 0 heterocycles. The number of phenols is 2. The Hall–Kier alpha value is -6.08. The fraction of sp³-hybridized carbons (Fsp3) is 0. The molecule has 6 aromatic carbocycles. The Kier molecular flexibility index (Phi) is 12.6. The van der Waals surface area contributed by atoms with Crippen LogP contribution in [0.4, 0.5) is 45.5 Å². The zero-order valence-corrected chi connectivity index (χ0v) is 32.2. The van der Waals surface area contributed by atoms with E-state index in [0.29, 0.717) is 28.9 Å². The van der Waals surface area contributed by atoms with Crippen LogP contribution in [-0.2, 0) is 39.0 Å². The first-order valence-electron chi connectivity index (χ1n) is 15.6. The van der Waals surface area contributed by atoms with Gasteiger partial charge in [0.25, 0.3) is 20.2 Å². The third kappa shape index (κ3) is 9.30. The van der Waals surface area contributed by atoms with Crippen LogP contribution in [0.5, 0.6) is 11.5 Å². The van der Waals surface area contributed by atoms with E-state index in [1.807, 2.05) is 0 Å². The third-order valence-corrected chi connectivity index (χ3v) is 11.1. The monoisotopic (exact) mass is 888 g/mol. The summed E-state index contributed by atoms with van der Waals surface area (Å²) in [4.78, 5) is -1.24. The number of benzene rings is 6. The van der Waals surface area contributed by atoms with Crippen LogP contribution < -0.4 is 11.5 Å². The van der Waals surface area contributed by atoms with E-state index in [9.17, 15) is 41.4 Å². The molecule has 6 aromatic rings. The molecule has 0 saturated heterocycles. The van der Waals surface area contributed by atoms with Gasteiger partial charge in [0.15, 0.2) is 11.5 Å². The number of hydrogen-bond donors (Lipinski definition) is 8. The lowest BCUT2D eigenvalue weighted by Crippen LogP contribution is -2.04. The predicted octanol–water partition coefficient (Wildman–Crippen LogP) is 8.68. The van der Waals surface area contributed by atoms with Crippen molar-refractivity contribution in [1.29, 1.82) is 0 Å². The molecule has 0 amide bonds. The van der Waals surface area contributed by atoms with Crippen LogP contribution in [0.3, 0.4) is 0 Å². The van der Waals surface area contributed by atoms with Crippen LogP contribution in [0.2, 0.25) is 0 Å². The molecular weight excluding hydrogens is 865 g/mol. The fourth-order valence-corrected chi connectivity index (χ4v) is 7.95. The average molecular weight is 889 g/mol. The smallest absolute Gasteiger partial charge is 0.297 e. The van der Waals surface area contributed by atoms with Gasteiger partial charge in [-0.25, -0.2) is 10.5 Å². The SMILES string of the molecule is Nc1ccc2c(O)c(N=Nc3ccc(N=[N+]([O-])c4ccc(N=Nc5ccc6c(S(=O)(=O)O)cc(SOOO)c(N)c6c5O)cc4)cc3)c(SOOO)cc2c1S(=O)(=O)O. The van der Waals surface area contributed by atoms with E-state index in [2.05, 4.69) is 44.3 Å². The number of nitrogen functional groups attached to an aromatic ring is 2. The van der Waals surface area contributed by atoms with Gasteiger partial charge in [-0.3, -0.25) is 9.11 Å². The van der Waals surface area contributed by atoms with Gasteiger partial charge >= 0.3 is 0 Å². The van der Waals surface area contributed by atoms with Gasteiger partial charge in [0.2, 0.25) is 5.69 Å². The normalized spacial score (nSPS) is 12.7. The van der Waals surface area contributed by atoms with E-state index >= 15 is 0 Å². The number of azo groups is 3. The molecule has 0 aliphatic carbocycles. The molecule has 0 bridgehead atoms. The topological polar surface area (TPSA) is 366 Å². The van der Waals surface area contributed by atoms with Crippen LogP contribution in [-0.4, -0.2) is 51.5 Å². The summed E-state index contributed by atoms with van der Waals surface area (Å²) in [6.45, 7) is 0. The fourth-order valence-electron chi connectivity index (χ4n) is 5.40. The Morgan fingerprint density at radius 2 is 1.22 bits per heavy atom. The maximum absolute atomic E-state index is 12.9. The quantitative estimate of drug-likeness (QED) is 0.00963. The predicted molar refractivity (Wildman–Crippen MR) is 208 cm³/mol. The van der Waals surface area contributed by atoms with E-state index < -0.39 is 41.5 Å². The van der Waals surface area contributed by atoms with Crippen molar-refractivity contribution < 1.29 is 70.3 Å². The standard InChI is InChI=1S/C32H24N8O15S4/c33-22-11-9-19-21(32(22)59(49,50)51)13-25(57-55-53-45)29(30(19)41)38-36-15-1-3-17(4-2-15)39-40(43)18-7-5-16(6-8-18)35-37-23-12-10-20-26(58(46,47)48)14-24(56-54-52-44)28(34)27(20)31(23)42/h1-14,41-42,44-45H,33-34H2,(H,46,47,48)(H,49,50,51). The molecule has 10 N–H and O–H groups in total. The molecule has 59 heavy (non-hydrogen) atoms. The number of aromatic hydroxyl groups is 2. The molecule has 0 spiro atoms. The molecule has 0 aromatic heterocycles. The van der Waals surface area contributed by atoms with Gasteiger partial charge < -0.3 is 26.9 Å². The molecule has 0 aliphatic rings. The number of hydrogen-bond acceptors (Lipinski definition) is 22. The molecule has 0 saturated carbocycles. The summed E-state index contributed by atoms with van der Waals surface area (Å²) in [5.74, 6) is -1.18. The van der Waals surface area contributed by atoms with Gasteiger partial charge in [-0.15, -0.1) is 18.9 Å². The molecule has 23 nitrogen and oxygen atoms in total. The lowest BCUT2D eigenvalue weighted by Gasteiger charge is -2.13. The number of nitrogens with zero attached hydrogens (tertiary/aromatic N) is 6. The van der Waals surface area contributed by atoms with Crippen molar-refractivity contribution in [3.05, 3.63) is 90.1 Å². The van der Waals surface area contributed by atoms with Gasteiger partial charge in [-0.05, 0) is 66.7 Å². The molecule has 0 unspecified atom stereocenters. The molecule has 306 valence electrons. The molecule has 6 rings (SSSR count). The summed E-state index contributed by atoms with van der Waals surface area (Å²) in [5, 5.41) is 78.5. The first-order chi connectivity index (χ1) is 28.0. The van der Waals surface area contributed by atoms with Crippen LogP contribution in [0, 0.1) is 5.21 Å². The van der Waals surface area contributed by atoms with Crippen molar-refractivity contribution in [2.24, 2.45) is 25.6 Å². The minimum Gasteiger partial charge on any atom is -0.594 e. The van der Waals surface area contributed by atoms with Gasteiger partial charge in [0.05, 0.1) is 62.0 Å². The highest BCUT2D eigenvalue weighted by Gasteiger charge is 2.25. The Labute approximate surface area is 338 Å². The highest BCUT2D eigenvalue weighted by molar-refractivity contribution is 7.95. The maximum Gasteiger partial charge on any atom is 0.297 e. The molecule has 0 radical (unpaired) electrons. The maximum atomic E-state index is 12.9. The first kappa shape index (κ1) is 42.5. The molecule has 27 heteroatoms. The Morgan fingerprint density at radius 3 is 1.83 bits per heavy atom. The van der Waals surface area contributed by atoms with E-state index in [1.165, 1.54) is 66.7 Å². The zero-order chi connectivity index (χ0) is 42.6. The van der Waals surface area contributed by atoms with Crippen molar-refractivity contribution in [2.45, 2.75) is 19.6 Å². The highest BCUT2D eigenvalue weighted by Crippen LogP contribution is 2.47. The summed E-state index contributed by atoms with van der Waals surface area (Å²) >= 11 is 0.630. The van der Waals surface area contributed by atoms with Crippen LogP contribution in [0.15, 0.2) is 130 Å². The highest BCUT2D eigenvalue weighted by atomic mass is 32.2. The van der Waals surface area contributed by atoms with Gasteiger partial charge in [-0.1, -0.05) is 21.0 Å². The summed E-state index contributed by atoms with van der Waals surface area (Å²) < 4.78 is 76.4. The zero-order valence-electron chi connectivity index (χ0n) is 28.9. The van der Waals surface area contributed by atoms with Crippen LogP contribution in [0.25, 0.3) is 21.5 Å². The van der Waals surface area contributed by atoms with Crippen molar-refractivity contribution >= 4 is 111 Å². The number of nitrogens with two attached hydrogens (primary N) is 2. The number of anilines is 2. The van der Waals surface area contributed by atoms with Crippen LogP contribution in [0.1, 0.15) is 0 Å². The van der Waals surface area contributed by atoms with Crippen molar-refractivity contribution in [3.63, 3.8) is 0 Å².